The Balaban J connectivity index is 1.97. The van der Waals surface area contributed by atoms with Crippen molar-refractivity contribution in [3.63, 3.8) is 0 Å². The van der Waals surface area contributed by atoms with Crippen molar-refractivity contribution in [1.29, 1.82) is 0 Å². The smallest absolute Gasteiger partial charge is 0.0239 e. The Morgan fingerprint density at radius 2 is 1.89 bits per heavy atom. The van der Waals surface area contributed by atoms with Crippen LogP contribution >= 0.6 is 0 Å². The summed E-state index contributed by atoms with van der Waals surface area (Å²) in [6.45, 7) is 8.89. The van der Waals surface area contributed by atoms with Crippen LogP contribution in [0.3, 0.4) is 0 Å². The summed E-state index contributed by atoms with van der Waals surface area (Å²) in [6, 6.07) is 9.78. The molecule has 1 saturated carbocycles. The summed E-state index contributed by atoms with van der Waals surface area (Å²) >= 11 is 0. The van der Waals surface area contributed by atoms with Gasteiger partial charge in [0.15, 0.2) is 0 Å². The van der Waals surface area contributed by atoms with Gasteiger partial charge >= 0.3 is 0 Å². The van der Waals surface area contributed by atoms with E-state index >= 15 is 0 Å². The third-order valence-electron chi connectivity index (χ3n) is 3.78. The fourth-order valence-electron chi connectivity index (χ4n) is 2.51. The van der Waals surface area contributed by atoms with Gasteiger partial charge in [0.25, 0.3) is 0 Å². The molecule has 2 heteroatoms. The average Bonchev–Trinajstić information content (AvgIpc) is 3.22. The van der Waals surface area contributed by atoms with E-state index in [0.29, 0.717) is 0 Å². The van der Waals surface area contributed by atoms with E-state index in [4.69, 9.17) is 0 Å². The van der Waals surface area contributed by atoms with Crippen molar-refractivity contribution in [3.8, 4) is 0 Å². The summed E-state index contributed by atoms with van der Waals surface area (Å²) in [5.41, 5.74) is 3.03. The van der Waals surface area contributed by atoms with Crippen LogP contribution in [-0.2, 0) is 13.0 Å². The van der Waals surface area contributed by atoms with Crippen molar-refractivity contribution in [2.24, 2.45) is 0 Å². The van der Waals surface area contributed by atoms with Gasteiger partial charge < -0.3 is 5.32 Å². The highest BCUT2D eigenvalue weighted by atomic mass is 15.2. The van der Waals surface area contributed by atoms with Crippen LogP contribution in [0.15, 0.2) is 24.3 Å². The molecule has 0 heterocycles. The first-order chi connectivity index (χ1) is 8.85. The van der Waals surface area contributed by atoms with Crippen LogP contribution < -0.4 is 5.32 Å². The maximum Gasteiger partial charge on any atom is 0.0239 e. The monoisotopic (exact) mass is 246 g/mol. The molecule has 1 fully saturated rings. The van der Waals surface area contributed by atoms with E-state index in [-0.39, 0.29) is 0 Å². The lowest BCUT2D eigenvalue weighted by molar-refractivity contribution is 0.268. The molecular weight excluding hydrogens is 220 g/mol. The molecule has 2 nitrogen and oxygen atoms in total. The highest BCUT2D eigenvalue weighted by Gasteiger charge is 2.27. The number of likely N-dealkylation sites (N-methyl/N-ethyl adjacent to an activating group) is 1. The molecule has 0 saturated heterocycles. The van der Waals surface area contributed by atoms with Crippen molar-refractivity contribution in [1.82, 2.24) is 10.2 Å². The maximum atomic E-state index is 3.41. The lowest BCUT2D eigenvalue weighted by Crippen LogP contribution is -2.26. The zero-order valence-electron chi connectivity index (χ0n) is 11.8. The molecule has 0 unspecified atom stereocenters. The van der Waals surface area contributed by atoms with Crippen LogP contribution in [0.4, 0.5) is 0 Å². The molecule has 1 N–H and O–H groups in total. The van der Waals surface area contributed by atoms with Gasteiger partial charge in [0.1, 0.15) is 0 Å². The van der Waals surface area contributed by atoms with Crippen LogP contribution in [0, 0.1) is 0 Å². The lowest BCUT2D eigenvalue weighted by Gasteiger charge is -2.21. The number of nitrogens with zero attached hydrogens (tertiary/aromatic N) is 1. The molecule has 1 aromatic rings. The number of hydrogen-bond donors (Lipinski definition) is 1. The Bertz CT molecular complexity index is 358. The van der Waals surface area contributed by atoms with Gasteiger partial charge in [-0.05, 0) is 50.0 Å². The second kappa shape index (κ2) is 6.91. The Morgan fingerprint density at radius 1 is 1.17 bits per heavy atom. The Hall–Kier alpha value is -0.860. The first kappa shape index (κ1) is 13.6. The predicted molar refractivity (Wildman–Crippen MR) is 77.8 cm³/mol. The topological polar surface area (TPSA) is 15.3 Å². The normalized spacial score (nSPS) is 15.3. The molecule has 0 amide bonds. The lowest BCUT2D eigenvalue weighted by atomic mass is 10.0. The van der Waals surface area contributed by atoms with E-state index < -0.39 is 0 Å². The van der Waals surface area contributed by atoms with Crippen LogP contribution in [0.1, 0.15) is 37.8 Å². The summed E-state index contributed by atoms with van der Waals surface area (Å²) in [7, 11) is 0. The standard InChI is InChI=1S/C16H26N2/c1-3-17-12-11-14-7-5-6-8-15(14)13-18(4-2)16-9-10-16/h5-8,16-17H,3-4,9-13H2,1-2H3. The van der Waals surface area contributed by atoms with Gasteiger partial charge in [0, 0.05) is 12.6 Å². The first-order valence-corrected chi connectivity index (χ1v) is 7.36. The molecule has 1 aromatic carbocycles. The molecule has 1 aliphatic rings. The molecule has 18 heavy (non-hydrogen) atoms. The Labute approximate surface area is 111 Å². The fourth-order valence-corrected chi connectivity index (χ4v) is 2.51. The van der Waals surface area contributed by atoms with Crippen LogP contribution in [-0.4, -0.2) is 30.6 Å². The molecule has 0 aromatic heterocycles. The van der Waals surface area contributed by atoms with E-state index in [9.17, 15) is 0 Å². The Morgan fingerprint density at radius 3 is 2.50 bits per heavy atom. The van der Waals surface area contributed by atoms with Crippen LogP contribution in [0.2, 0.25) is 0 Å². The van der Waals surface area contributed by atoms with Gasteiger partial charge in [0.2, 0.25) is 0 Å². The minimum absolute atomic E-state index is 0.858. The molecule has 2 rings (SSSR count). The van der Waals surface area contributed by atoms with Crippen molar-refractivity contribution in [3.05, 3.63) is 35.4 Å². The quantitative estimate of drug-likeness (QED) is 0.710. The Kier molecular flexibility index (Phi) is 5.21. The zero-order chi connectivity index (χ0) is 12.8. The van der Waals surface area contributed by atoms with Crippen molar-refractivity contribution < 1.29 is 0 Å². The van der Waals surface area contributed by atoms with E-state index in [0.717, 1.165) is 32.1 Å². The highest BCUT2D eigenvalue weighted by Crippen LogP contribution is 2.28. The zero-order valence-corrected chi connectivity index (χ0v) is 11.8. The van der Waals surface area contributed by atoms with E-state index in [1.807, 2.05) is 0 Å². The number of nitrogens with one attached hydrogen (secondary N) is 1. The van der Waals surface area contributed by atoms with Crippen LogP contribution in [0.25, 0.3) is 0 Å². The largest absolute Gasteiger partial charge is 0.317 e. The molecule has 0 bridgehead atoms. The summed E-state index contributed by atoms with van der Waals surface area (Å²) in [5, 5.41) is 3.41. The fraction of sp³-hybridized carbons (Fsp3) is 0.625. The first-order valence-electron chi connectivity index (χ1n) is 7.36. The van der Waals surface area contributed by atoms with Gasteiger partial charge in [-0.1, -0.05) is 38.1 Å². The van der Waals surface area contributed by atoms with Crippen LogP contribution in [0.5, 0.6) is 0 Å². The molecule has 0 radical (unpaired) electrons. The molecular formula is C16H26N2. The second-order valence-electron chi connectivity index (χ2n) is 5.17. The molecule has 100 valence electrons. The SMILES string of the molecule is CCNCCc1ccccc1CN(CC)C1CC1. The highest BCUT2D eigenvalue weighted by molar-refractivity contribution is 5.27. The number of benzene rings is 1. The van der Waals surface area contributed by atoms with Gasteiger partial charge in [-0.15, -0.1) is 0 Å². The van der Waals surface area contributed by atoms with E-state index in [1.54, 1.807) is 0 Å². The number of rotatable bonds is 8. The molecule has 1 aliphatic carbocycles. The molecule has 0 aliphatic heterocycles. The van der Waals surface area contributed by atoms with E-state index in [1.165, 1.54) is 30.5 Å². The summed E-state index contributed by atoms with van der Waals surface area (Å²) in [4.78, 5) is 2.62. The summed E-state index contributed by atoms with van der Waals surface area (Å²) in [6.07, 6.45) is 3.94. The van der Waals surface area contributed by atoms with E-state index in [2.05, 4.69) is 48.3 Å². The minimum atomic E-state index is 0.858. The molecule has 0 atom stereocenters. The average molecular weight is 246 g/mol. The van der Waals surface area contributed by atoms with Crippen molar-refractivity contribution in [2.45, 2.75) is 45.7 Å². The summed E-state index contributed by atoms with van der Waals surface area (Å²) in [5.74, 6) is 0. The van der Waals surface area contributed by atoms with Crippen molar-refractivity contribution >= 4 is 0 Å². The maximum absolute atomic E-state index is 3.41. The second-order valence-corrected chi connectivity index (χ2v) is 5.17. The minimum Gasteiger partial charge on any atom is -0.317 e. The molecule has 0 spiro atoms. The van der Waals surface area contributed by atoms with Crippen molar-refractivity contribution in [2.75, 3.05) is 19.6 Å². The van der Waals surface area contributed by atoms with Gasteiger partial charge in [-0.3, -0.25) is 4.90 Å². The third-order valence-corrected chi connectivity index (χ3v) is 3.78. The predicted octanol–water partition coefficient (Wildman–Crippen LogP) is 2.82. The summed E-state index contributed by atoms with van der Waals surface area (Å²) < 4.78 is 0. The van der Waals surface area contributed by atoms with Gasteiger partial charge in [-0.25, -0.2) is 0 Å². The van der Waals surface area contributed by atoms with Gasteiger partial charge in [-0.2, -0.15) is 0 Å². The number of hydrogen-bond acceptors (Lipinski definition) is 2. The van der Waals surface area contributed by atoms with Gasteiger partial charge in [0.05, 0.1) is 0 Å². The third kappa shape index (κ3) is 3.82.